The van der Waals surface area contributed by atoms with Gasteiger partial charge in [0, 0.05) is 24.2 Å². The summed E-state index contributed by atoms with van der Waals surface area (Å²) in [5.41, 5.74) is 2.62. The van der Waals surface area contributed by atoms with Gasteiger partial charge in [0.25, 0.3) is 0 Å². The van der Waals surface area contributed by atoms with E-state index in [1.807, 2.05) is 44.2 Å². The van der Waals surface area contributed by atoms with Crippen molar-refractivity contribution in [3.8, 4) is 16.9 Å². The number of rotatable bonds is 8. The third-order valence-electron chi connectivity index (χ3n) is 5.62. The highest BCUT2D eigenvalue weighted by molar-refractivity contribution is 5.94. The summed E-state index contributed by atoms with van der Waals surface area (Å²) in [4.78, 5) is 31.9. The molecule has 0 atom stereocenters. The predicted octanol–water partition coefficient (Wildman–Crippen LogP) is 4.82. The number of amides is 2. The topological polar surface area (TPSA) is 67.2 Å². The molecule has 172 valence electrons. The molecule has 1 saturated carbocycles. The molecule has 1 aliphatic carbocycles. The summed E-state index contributed by atoms with van der Waals surface area (Å²) < 4.78 is 16.0. The normalized spacial score (nSPS) is 13.2. The molecule has 6 nitrogen and oxygen atoms in total. The molecule has 2 aromatic carbocycles. The van der Waals surface area contributed by atoms with Gasteiger partial charge in [-0.1, -0.05) is 50.2 Å². The Morgan fingerprint density at radius 1 is 1.18 bits per heavy atom. The molecule has 0 spiro atoms. The Labute approximate surface area is 193 Å². The van der Waals surface area contributed by atoms with Crippen molar-refractivity contribution in [3.63, 3.8) is 0 Å². The van der Waals surface area contributed by atoms with Crippen LogP contribution in [-0.4, -0.2) is 39.4 Å². The molecule has 1 aliphatic rings. The van der Waals surface area contributed by atoms with Crippen LogP contribution >= 0.6 is 0 Å². The van der Waals surface area contributed by atoms with Crippen molar-refractivity contribution in [3.05, 3.63) is 66.1 Å². The van der Waals surface area contributed by atoms with Gasteiger partial charge in [-0.2, -0.15) is 0 Å². The minimum Gasteiger partial charge on any atom is -0.333 e. The first kappa shape index (κ1) is 22.7. The van der Waals surface area contributed by atoms with Gasteiger partial charge in [0.05, 0.1) is 17.9 Å². The molecule has 1 heterocycles. The number of nitrogens with zero attached hydrogens (tertiary/aromatic N) is 3. The Morgan fingerprint density at radius 3 is 2.55 bits per heavy atom. The largest absolute Gasteiger partial charge is 0.333 e. The second kappa shape index (κ2) is 9.57. The van der Waals surface area contributed by atoms with Crippen LogP contribution in [-0.2, 0) is 9.59 Å². The number of carbonyl (C=O) groups excluding carboxylic acids is 2. The molecular weight excluding hydrogens is 419 g/mol. The zero-order valence-electron chi connectivity index (χ0n) is 19.2. The molecule has 0 unspecified atom stereocenters. The molecule has 0 aliphatic heterocycles. The summed E-state index contributed by atoms with van der Waals surface area (Å²) in [6, 6.07) is 14.5. The molecule has 0 bridgehead atoms. The fraction of sp³-hybridized carbons (Fsp3) is 0.346. The van der Waals surface area contributed by atoms with Crippen LogP contribution in [0, 0.1) is 24.6 Å². The fourth-order valence-corrected chi connectivity index (χ4v) is 3.74. The molecule has 3 aromatic rings. The summed E-state index contributed by atoms with van der Waals surface area (Å²) in [5, 5.41) is 2.85. The van der Waals surface area contributed by atoms with Crippen molar-refractivity contribution in [1.82, 2.24) is 14.5 Å². The Hall–Kier alpha value is -3.48. The van der Waals surface area contributed by atoms with Gasteiger partial charge in [0.1, 0.15) is 5.82 Å². The molecule has 1 N–H and O–H groups in total. The first-order chi connectivity index (χ1) is 15.8. The van der Waals surface area contributed by atoms with Gasteiger partial charge in [-0.25, -0.2) is 9.37 Å². The minimum absolute atomic E-state index is 0.0350. The van der Waals surface area contributed by atoms with Gasteiger partial charge in [-0.05, 0) is 43.4 Å². The minimum atomic E-state index is -0.335. The number of benzene rings is 2. The summed E-state index contributed by atoms with van der Waals surface area (Å²) in [6.45, 7) is 6.23. The summed E-state index contributed by atoms with van der Waals surface area (Å²) >= 11 is 0. The lowest BCUT2D eigenvalue weighted by Gasteiger charge is -2.24. The molecule has 33 heavy (non-hydrogen) atoms. The number of carbonyl (C=O) groups is 2. The smallest absolute Gasteiger partial charge is 0.246 e. The van der Waals surface area contributed by atoms with E-state index < -0.39 is 0 Å². The van der Waals surface area contributed by atoms with Crippen molar-refractivity contribution in [2.75, 3.05) is 18.4 Å². The number of imidazole rings is 1. The van der Waals surface area contributed by atoms with E-state index in [-0.39, 0.29) is 42.0 Å². The molecule has 4 rings (SSSR count). The highest BCUT2D eigenvalue weighted by Crippen LogP contribution is 2.31. The standard InChI is InChI=1S/C26H29FN4O2/c1-17(2)14-30(25(33)20-10-11-20)16-24(32)29-26-28-23(19-7-5-4-6-8-19)15-31(26)21-12-9-18(3)22(27)13-21/h4-9,12-13,15,17,20H,10-11,14,16H2,1-3H3,(H,28,29,32). The van der Waals surface area contributed by atoms with Crippen LogP contribution in [0.3, 0.4) is 0 Å². The predicted molar refractivity (Wildman–Crippen MR) is 126 cm³/mol. The summed E-state index contributed by atoms with van der Waals surface area (Å²) in [5.74, 6) is -0.0544. The van der Waals surface area contributed by atoms with E-state index in [4.69, 9.17) is 0 Å². The molecule has 2 amide bonds. The quantitative estimate of drug-likeness (QED) is 0.537. The van der Waals surface area contributed by atoms with E-state index in [9.17, 15) is 14.0 Å². The van der Waals surface area contributed by atoms with Gasteiger partial charge >= 0.3 is 0 Å². The number of halogens is 1. The molecule has 7 heteroatoms. The zero-order chi connectivity index (χ0) is 23.5. The summed E-state index contributed by atoms with van der Waals surface area (Å²) in [6.07, 6.45) is 3.55. The second-order valence-electron chi connectivity index (χ2n) is 9.05. The Balaban J connectivity index is 1.62. The number of hydrogen-bond donors (Lipinski definition) is 1. The average molecular weight is 449 g/mol. The van der Waals surface area contributed by atoms with Crippen LogP contribution in [0.1, 0.15) is 32.3 Å². The van der Waals surface area contributed by atoms with Crippen LogP contribution in [0.25, 0.3) is 16.9 Å². The average Bonchev–Trinajstić information content (AvgIpc) is 3.55. The van der Waals surface area contributed by atoms with Crippen LogP contribution in [0.15, 0.2) is 54.7 Å². The van der Waals surface area contributed by atoms with E-state index in [0.29, 0.717) is 23.5 Å². The van der Waals surface area contributed by atoms with Crippen molar-refractivity contribution >= 4 is 17.8 Å². The Bertz CT molecular complexity index is 1150. The zero-order valence-corrected chi connectivity index (χ0v) is 19.2. The maximum Gasteiger partial charge on any atom is 0.246 e. The monoisotopic (exact) mass is 448 g/mol. The van der Waals surface area contributed by atoms with Crippen LogP contribution < -0.4 is 5.32 Å². The van der Waals surface area contributed by atoms with Gasteiger partial charge in [0.2, 0.25) is 17.8 Å². The lowest BCUT2D eigenvalue weighted by Crippen LogP contribution is -2.41. The Kier molecular flexibility index (Phi) is 6.58. The van der Waals surface area contributed by atoms with Gasteiger partial charge in [-0.15, -0.1) is 0 Å². The SMILES string of the molecule is Cc1ccc(-n2cc(-c3ccccc3)nc2NC(=O)CN(CC(C)C)C(=O)C2CC2)cc1F. The van der Waals surface area contributed by atoms with Crippen molar-refractivity contribution in [2.45, 2.75) is 33.6 Å². The van der Waals surface area contributed by atoms with Crippen LogP contribution in [0.5, 0.6) is 0 Å². The van der Waals surface area contributed by atoms with E-state index in [1.54, 1.807) is 34.7 Å². The Morgan fingerprint density at radius 2 is 1.91 bits per heavy atom. The van der Waals surface area contributed by atoms with E-state index in [0.717, 1.165) is 18.4 Å². The first-order valence-corrected chi connectivity index (χ1v) is 11.3. The highest BCUT2D eigenvalue weighted by atomic mass is 19.1. The van der Waals surface area contributed by atoms with Crippen molar-refractivity contribution in [1.29, 1.82) is 0 Å². The number of anilines is 1. The molecule has 0 saturated heterocycles. The molecule has 1 fully saturated rings. The maximum atomic E-state index is 14.3. The van der Waals surface area contributed by atoms with Gasteiger partial charge in [-0.3, -0.25) is 19.5 Å². The molecule has 0 radical (unpaired) electrons. The lowest BCUT2D eigenvalue weighted by atomic mass is 10.2. The lowest BCUT2D eigenvalue weighted by molar-refractivity contribution is -0.136. The van der Waals surface area contributed by atoms with Gasteiger partial charge < -0.3 is 4.90 Å². The van der Waals surface area contributed by atoms with E-state index >= 15 is 0 Å². The number of hydrogen-bond acceptors (Lipinski definition) is 3. The number of aryl methyl sites for hydroxylation is 1. The van der Waals surface area contributed by atoms with Crippen molar-refractivity contribution < 1.29 is 14.0 Å². The summed E-state index contributed by atoms with van der Waals surface area (Å²) in [7, 11) is 0. The maximum absolute atomic E-state index is 14.3. The third-order valence-corrected chi connectivity index (χ3v) is 5.62. The van der Waals surface area contributed by atoms with E-state index in [2.05, 4.69) is 10.3 Å². The van der Waals surface area contributed by atoms with Crippen molar-refractivity contribution in [2.24, 2.45) is 11.8 Å². The number of nitrogens with one attached hydrogen (secondary N) is 1. The van der Waals surface area contributed by atoms with E-state index in [1.165, 1.54) is 6.07 Å². The first-order valence-electron chi connectivity index (χ1n) is 11.3. The number of aromatic nitrogens is 2. The van der Waals surface area contributed by atoms with Gasteiger partial charge in [0.15, 0.2) is 0 Å². The van der Waals surface area contributed by atoms with Crippen LogP contribution in [0.4, 0.5) is 10.3 Å². The highest BCUT2D eigenvalue weighted by Gasteiger charge is 2.34. The second-order valence-corrected chi connectivity index (χ2v) is 9.05. The fourth-order valence-electron chi connectivity index (χ4n) is 3.74. The van der Waals surface area contributed by atoms with Crippen LogP contribution in [0.2, 0.25) is 0 Å². The molecule has 1 aromatic heterocycles. The third kappa shape index (κ3) is 5.48. The molecular formula is C26H29FN4O2.